The Hall–Kier alpha value is -1.90. The molecule has 0 spiro atoms. The van der Waals surface area contributed by atoms with Crippen LogP contribution < -0.4 is 0 Å². The van der Waals surface area contributed by atoms with Gasteiger partial charge in [-0.25, -0.2) is 4.98 Å². The first-order chi connectivity index (χ1) is 9.41. The number of aryl methyl sites for hydroxylation is 1. The van der Waals surface area contributed by atoms with E-state index < -0.39 is 0 Å². The first kappa shape index (κ1) is 14.5. The SMILES string of the molecule is Cc1cccc([C@H](C)c2cn(C(=O)C(C)C)cn2)c1C. The molecular formula is C17H22N2O. The van der Waals surface area contributed by atoms with Gasteiger partial charge in [-0.3, -0.25) is 9.36 Å². The van der Waals surface area contributed by atoms with Gasteiger partial charge in [-0.2, -0.15) is 0 Å². The lowest BCUT2D eigenvalue weighted by atomic mass is 9.92. The fourth-order valence-corrected chi connectivity index (χ4v) is 2.38. The lowest BCUT2D eigenvalue weighted by Gasteiger charge is -2.14. The van der Waals surface area contributed by atoms with Gasteiger partial charge in [0.15, 0.2) is 0 Å². The highest BCUT2D eigenvalue weighted by Gasteiger charge is 2.17. The zero-order valence-corrected chi connectivity index (χ0v) is 12.8. The average Bonchev–Trinajstić information content (AvgIpc) is 2.89. The minimum absolute atomic E-state index is 0.0203. The second-order valence-corrected chi connectivity index (χ2v) is 5.71. The Bertz CT molecular complexity index is 626. The van der Waals surface area contributed by atoms with Crippen molar-refractivity contribution in [3.63, 3.8) is 0 Å². The molecule has 0 N–H and O–H groups in total. The molecule has 0 aliphatic carbocycles. The van der Waals surface area contributed by atoms with E-state index in [0.717, 1.165) is 5.69 Å². The van der Waals surface area contributed by atoms with Crippen molar-refractivity contribution >= 4 is 5.91 Å². The molecule has 1 aromatic heterocycles. The van der Waals surface area contributed by atoms with Crippen molar-refractivity contribution in [2.24, 2.45) is 5.92 Å². The highest BCUT2D eigenvalue weighted by atomic mass is 16.2. The van der Waals surface area contributed by atoms with Gasteiger partial charge in [0.05, 0.1) is 5.69 Å². The lowest BCUT2D eigenvalue weighted by Crippen LogP contribution is -2.14. The third-order valence-electron chi connectivity index (χ3n) is 3.91. The van der Waals surface area contributed by atoms with Gasteiger partial charge in [0, 0.05) is 18.0 Å². The maximum atomic E-state index is 12.0. The Labute approximate surface area is 120 Å². The van der Waals surface area contributed by atoms with Crippen LogP contribution in [0.1, 0.15) is 53.9 Å². The predicted molar refractivity (Wildman–Crippen MR) is 81.1 cm³/mol. The molecule has 0 bridgehead atoms. The summed E-state index contributed by atoms with van der Waals surface area (Å²) in [6, 6.07) is 6.33. The van der Waals surface area contributed by atoms with Gasteiger partial charge >= 0.3 is 0 Å². The molecule has 1 heterocycles. The van der Waals surface area contributed by atoms with Crippen LogP contribution in [0.25, 0.3) is 0 Å². The van der Waals surface area contributed by atoms with E-state index in [0.29, 0.717) is 0 Å². The molecular weight excluding hydrogens is 248 g/mol. The second kappa shape index (κ2) is 5.61. The van der Waals surface area contributed by atoms with E-state index in [9.17, 15) is 4.79 Å². The fraction of sp³-hybridized carbons (Fsp3) is 0.412. The van der Waals surface area contributed by atoms with E-state index in [4.69, 9.17) is 0 Å². The van der Waals surface area contributed by atoms with Crippen LogP contribution in [0.5, 0.6) is 0 Å². The van der Waals surface area contributed by atoms with E-state index in [2.05, 4.69) is 44.0 Å². The minimum atomic E-state index is -0.0203. The Morgan fingerprint density at radius 1 is 1.20 bits per heavy atom. The Balaban J connectivity index is 2.32. The molecule has 0 aliphatic heterocycles. The normalized spacial score (nSPS) is 12.7. The third kappa shape index (κ3) is 2.67. The van der Waals surface area contributed by atoms with Crippen molar-refractivity contribution in [3.05, 3.63) is 53.1 Å². The van der Waals surface area contributed by atoms with Gasteiger partial charge < -0.3 is 0 Å². The van der Waals surface area contributed by atoms with E-state index in [-0.39, 0.29) is 17.7 Å². The van der Waals surface area contributed by atoms with Gasteiger partial charge in [-0.1, -0.05) is 39.0 Å². The molecule has 0 saturated carbocycles. The minimum Gasteiger partial charge on any atom is -0.276 e. The summed E-state index contributed by atoms with van der Waals surface area (Å²) in [4.78, 5) is 16.4. The zero-order valence-electron chi connectivity index (χ0n) is 12.8. The summed E-state index contributed by atoms with van der Waals surface area (Å²) in [7, 11) is 0. The van der Waals surface area contributed by atoms with Crippen LogP contribution in [0.3, 0.4) is 0 Å². The molecule has 2 rings (SSSR count). The molecule has 1 atom stereocenters. The van der Waals surface area contributed by atoms with E-state index in [1.165, 1.54) is 16.7 Å². The van der Waals surface area contributed by atoms with Crippen LogP contribution >= 0.6 is 0 Å². The van der Waals surface area contributed by atoms with Crippen molar-refractivity contribution in [1.82, 2.24) is 9.55 Å². The number of carbonyl (C=O) groups excluding carboxylic acids is 1. The number of imidazole rings is 1. The molecule has 0 saturated heterocycles. The van der Waals surface area contributed by atoms with Crippen LogP contribution in [0.4, 0.5) is 0 Å². The Kier molecular flexibility index (Phi) is 4.07. The number of rotatable bonds is 3. The summed E-state index contributed by atoms with van der Waals surface area (Å²) >= 11 is 0. The highest BCUT2D eigenvalue weighted by molar-refractivity contribution is 5.80. The summed E-state index contributed by atoms with van der Waals surface area (Å²) < 4.78 is 1.60. The molecule has 0 radical (unpaired) electrons. The van der Waals surface area contributed by atoms with Crippen molar-refractivity contribution in [2.75, 3.05) is 0 Å². The lowest BCUT2D eigenvalue weighted by molar-refractivity contribution is 0.0855. The maximum Gasteiger partial charge on any atom is 0.234 e. The summed E-state index contributed by atoms with van der Waals surface area (Å²) in [5.41, 5.74) is 4.79. The molecule has 0 fully saturated rings. The largest absolute Gasteiger partial charge is 0.276 e. The zero-order chi connectivity index (χ0) is 14.9. The van der Waals surface area contributed by atoms with Crippen molar-refractivity contribution in [2.45, 2.75) is 40.5 Å². The van der Waals surface area contributed by atoms with Gasteiger partial charge in [0.25, 0.3) is 0 Å². The van der Waals surface area contributed by atoms with E-state index in [1.54, 1.807) is 10.9 Å². The van der Waals surface area contributed by atoms with Crippen molar-refractivity contribution in [3.8, 4) is 0 Å². The van der Waals surface area contributed by atoms with Crippen molar-refractivity contribution in [1.29, 1.82) is 0 Å². The molecule has 3 nitrogen and oxygen atoms in total. The van der Waals surface area contributed by atoms with Gasteiger partial charge in [-0.15, -0.1) is 0 Å². The van der Waals surface area contributed by atoms with Gasteiger partial charge in [0.2, 0.25) is 5.91 Å². The second-order valence-electron chi connectivity index (χ2n) is 5.71. The number of benzene rings is 1. The van der Waals surface area contributed by atoms with Crippen molar-refractivity contribution < 1.29 is 4.79 Å². The first-order valence-electron chi connectivity index (χ1n) is 7.06. The van der Waals surface area contributed by atoms with Crippen LogP contribution in [-0.4, -0.2) is 15.5 Å². The Morgan fingerprint density at radius 3 is 2.55 bits per heavy atom. The van der Waals surface area contributed by atoms with Crippen LogP contribution in [0.15, 0.2) is 30.7 Å². The maximum absolute atomic E-state index is 12.0. The summed E-state index contributed by atoms with van der Waals surface area (Å²) in [6.45, 7) is 10.2. The number of hydrogen-bond donors (Lipinski definition) is 0. The highest BCUT2D eigenvalue weighted by Crippen LogP contribution is 2.27. The smallest absolute Gasteiger partial charge is 0.234 e. The quantitative estimate of drug-likeness (QED) is 0.846. The fourth-order valence-electron chi connectivity index (χ4n) is 2.38. The monoisotopic (exact) mass is 270 g/mol. The number of nitrogens with zero attached hydrogens (tertiary/aromatic N) is 2. The van der Waals surface area contributed by atoms with Crippen LogP contribution in [0.2, 0.25) is 0 Å². The molecule has 3 heteroatoms. The summed E-state index contributed by atoms with van der Waals surface area (Å²) in [5.74, 6) is 0.251. The Morgan fingerprint density at radius 2 is 1.90 bits per heavy atom. The number of hydrogen-bond acceptors (Lipinski definition) is 2. The van der Waals surface area contributed by atoms with Gasteiger partial charge in [0.1, 0.15) is 6.33 Å². The molecule has 20 heavy (non-hydrogen) atoms. The van der Waals surface area contributed by atoms with Gasteiger partial charge in [-0.05, 0) is 30.5 Å². The molecule has 106 valence electrons. The number of aromatic nitrogens is 2. The molecule has 1 aromatic carbocycles. The third-order valence-corrected chi connectivity index (χ3v) is 3.91. The molecule has 0 unspecified atom stereocenters. The first-order valence-corrected chi connectivity index (χ1v) is 7.06. The molecule has 2 aromatic rings. The topological polar surface area (TPSA) is 34.9 Å². The van der Waals surface area contributed by atoms with Crippen LogP contribution in [0, 0.1) is 19.8 Å². The predicted octanol–water partition coefficient (Wildman–Crippen LogP) is 3.95. The van der Waals surface area contributed by atoms with E-state index >= 15 is 0 Å². The van der Waals surface area contributed by atoms with Crippen LogP contribution in [-0.2, 0) is 0 Å². The number of carbonyl (C=O) groups is 1. The summed E-state index contributed by atoms with van der Waals surface area (Å²) in [5, 5.41) is 0. The average molecular weight is 270 g/mol. The standard InChI is InChI=1S/C17H22N2O/c1-11(2)17(20)19-9-16(18-10-19)14(5)15-8-6-7-12(3)13(15)4/h6-11,14H,1-5H3/t14-/m0/s1. The summed E-state index contributed by atoms with van der Waals surface area (Å²) in [6.07, 6.45) is 3.48. The van der Waals surface area contributed by atoms with E-state index in [1.807, 2.05) is 20.0 Å². The molecule has 0 amide bonds. The molecule has 0 aliphatic rings.